The largest absolute Gasteiger partial charge is 0.432 e. The molecule has 0 amide bonds. The molecule has 4 aliphatic heterocycles. The molecule has 430 valence electrons. The van der Waals surface area contributed by atoms with Gasteiger partial charge in [-0.15, -0.1) is 0 Å². The number of carbonyl (C=O) groups excluding carboxylic acids is 1. The highest BCUT2D eigenvalue weighted by molar-refractivity contribution is 5.79. The molecule has 0 aromatic rings. The predicted octanol–water partition coefficient (Wildman–Crippen LogP) is -1.40. The van der Waals surface area contributed by atoms with Gasteiger partial charge in [-0.25, -0.2) is 0 Å². The van der Waals surface area contributed by atoms with Crippen molar-refractivity contribution in [2.45, 2.75) is 235 Å². The van der Waals surface area contributed by atoms with Crippen molar-refractivity contribution in [2.75, 3.05) is 26.4 Å². The average molecular weight is 1080 g/mol. The Bertz CT molecular complexity index is 2060. The van der Waals surface area contributed by atoms with E-state index in [9.17, 15) is 66.4 Å². The van der Waals surface area contributed by atoms with Crippen molar-refractivity contribution in [1.29, 1.82) is 0 Å². The third kappa shape index (κ3) is 9.50. The van der Waals surface area contributed by atoms with Crippen LogP contribution in [0.5, 0.6) is 0 Å². The van der Waals surface area contributed by atoms with Crippen molar-refractivity contribution in [3.8, 4) is 0 Å². The molecule has 8 fully saturated rings. The van der Waals surface area contributed by atoms with Crippen molar-refractivity contribution in [3.63, 3.8) is 0 Å². The van der Waals surface area contributed by atoms with E-state index in [1.165, 1.54) is 12.5 Å². The number of hydrogen-bond acceptors (Lipinski definition) is 22. The second kappa shape index (κ2) is 21.1. The first kappa shape index (κ1) is 58.1. The molecule has 5 aliphatic carbocycles. The summed E-state index contributed by atoms with van der Waals surface area (Å²) in [5.41, 5.74) is -1.86. The van der Waals surface area contributed by atoms with E-state index in [-0.39, 0.29) is 47.2 Å². The zero-order chi connectivity index (χ0) is 54.7. The summed E-state index contributed by atoms with van der Waals surface area (Å²) in [4.78, 5) is 15.5. The topological polar surface area (TPSA) is 354 Å². The molecule has 28 atom stereocenters. The lowest BCUT2D eigenvalue weighted by atomic mass is 9.33. The molecule has 0 radical (unpaired) electrons. The van der Waals surface area contributed by atoms with Gasteiger partial charge in [0, 0.05) is 5.41 Å². The summed E-state index contributed by atoms with van der Waals surface area (Å²) in [6.07, 6.45) is -21.7. The maximum atomic E-state index is 15.5. The zero-order valence-electron chi connectivity index (χ0n) is 44.2. The number of allylic oxidation sites excluding steroid dienone is 2. The van der Waals surface area contributed by atoms with Crippen LogP contribution in [-0.2, 0) is 42.7 Å². The van der Waals surface area contributed by atoms with Crippen molar-refractivity contribution in [1.82, 2.24) is 0 Å². The second-order valence-corrected chi connectivity index (χ2v) is 25.7. The van der Waals surface area contributed by atoms with E-state index in [1.807, 2.05) is 6.92 Å². The quantitative estimate of drug-likeness (QED) is 0.0643. The molecule has 0 aromatic carbocycles. The SMILES string of the molecule is C[C@@H]1O[C@H](O[C@@H]2[C@@H](OC(=O)[C@]34CCC(C)(C)C[C@H]3C3=CC[C@H]5[C@]6(C)CC[C@H](O[C@H]7O[C@@H](CO)[C@H](O)[C@@H](O)[C@@H]7O)[C@@](C)(CO)[C@H]6CC[C@]5(C)[C@@]3(C)CC4)O[C@@H](CO[C@H]3OC[C@H](O)[C@@H](O)[C@@H]3O)[C@H](O)[C@H]2O)[C@@H](O)[C@H](O)[C@H]1O. The fourth-order valence-electron chi connectivity index (χ4n) is 16.1. The number of rotatable bonds is 11. The molecule has 4 heterocycles. The van der Waals surface area contributed by atoms with Crippen LogP contribution in [0.25, 0.3) is 0 Å². The summed E-state index contributed by atoms with van der Waals surface area (Å²) in [6, 6.07) is 0. The lowest BCUT2D eigenvalue weighted by Crippen LogP contribution is -2.67. The van der Waals surface area contributed by atoms with Gasteiger partial charge in [0.2, 0.25) is 6.29 Å². The normalized spacial score (nSPS) is 54.8. The summed E-state index contributed by atoms with van der Waals surface area (Å²) in [7, 11) is 0. The molecular formula is C53H86O22. The van der Waals surface area contributed by atoms with Gasteiger partial charge in [-0.05, 0) is 111 Å². The number of carbonyl (C=O) groups is 1. The van der Waals surface area contributed by atoms with Crippen molar-refractivity contribution in [3.05, 3.63) is 11.6 Å². The molecule has 9 rings (SSSR count). The third-order valence-corrected chi connectivity index (χ3v) is 21.1. The maximum Gasteiger partial charge on any atom is 0.315 e. The Morgan fingerprint density at radius 1 is 0.640 bits per heavy atom. The first-order chi connectivity index (χ1) is 35.1. The fraction of sp³-hybridized carbons (Fsp3) is 0.943. The van der Waals surface area contributed by atoms with Gasteiger partial charge in [0.15, 0.2) is 25.0 Å². The Labute approximate surface area is 437 Å². The molecule has 4 saturated heterocycles. The van der Waals surface area contributed by atoms with Gasteiger partial charge < -0.3 is 104 Å². The summed E-state index contributed by atoms with van der Waals surface area (Å²) >= 11 is 0. The summed E-state index contributed by atoms with van der Waals surface area (Å²) in [5.74, 6) is -0.816. The van der Waals surface area contributed by atoms with E-state index < -0.39 is 158 Å². The Morgan fingerprint density at radius 2 is 1.27 bits per heavy atom. The Hall–Kier alpha value is -1.59. The van der Waals surface area contributed by atoms with Gasteiger partial charge in [0.1, 0.15) is 79.4 Å². The van der Waals surface area contributed by atoms with Gasteiger partial charge >= 0.3 is 5.97 Å². The molecule has 0 bridgehead atoms. The predicted molar refractivity (Wildman–Crippen MR) is 257 cm³/mol. The third-order valence-electron chi connectivity index (χ3n) is 21.1. The van der Waals surface area contributed by atoms with Crippen LogP contribution in [0.3, 0.4) is 0 Å². The van der Waals surface area contributed by atoms with E-state index >= 15 is 4.79 Å². The van der Waals surface area contributed by atoms with Crippen molar-refractivity contribution >= 4 is 5.97 Å². The average Bonchev–Trinajstić information content (AvgIpc) is 3.37. The Balaban J connectivity index is 0.991. The number of aliphatic hydroxyl groups excluding tert-OH is 13. The molecule has 75 heavy (non-hydrogen) atoms. The Kier molecular flexibility index (Phi) is 16.3. The minimum absolute atomic E-state index is 0.0355. The van der Waals surface area contributed by atoms with E-state index in [2.05, 4.69) is 40.7 Å². The van der Waals surface area contributed by atoms with Crippen LogP contribution >= 0.6 is 0 Å². The molecule has 4 saturated carbocycles. The van der Waals surface area contributed by atoms with Gasteiger partial charge in [-0.1, -0.05) is 53.2 Å². The number of aliphatic hydroxyl groups is 13. The molecular weight excluding hydrogens is 989 g/mol. The Morgan fingerprint density at radius 3 is 1.95 bits per heavy atom. The van der Waals surface area contributed by atoms with E-state index in [0.717, 1.165) is 19.3 Å². The van der Waals surface area contributed by atoms with Gasteiger partial charge in [0.25, 0.3) is 0 Å². The number of ether oxygens (including phenoxy) is 8. The summed E-state index contributed by atoms with van der Waals surface area (Å²) in [6.45, 7) is 13.1. The first-order valence-electron chi connectivity index (χ1n) is 27.3. The maximum absolute atomic E-state index is 15.5. The lowest BCUT2D eigenvalue weighted by molar-refractivity contribution is -0.365. The van der Waals surface area contributed by atoms with E-state index in [0.29, 0.717) is 44.9 Å². The van der Waals surface area contributed by atoms with E-state index in [1.54, 1.807) is 0 Å². The molecule has 22 nitrogen and oxygen atoms in total. The van der Waals surface area contributed by atoms with E-state index in [4.69, 9.17) is 37.9 Å². The highest BCUT2D eigenvalue weighted by Crippen LogP contribution is 2.76. The van der Waals surface area contributed by atoms with Gasteiger partial charge in [-0.2, -0.15) is 0 Å². The molecule has 22 heteroatoms. The molecule has 13 N–H and O–H groups in total. The molecule has 0 aromatic heterocycles. The van der Waals surface area contributed by atoms with Crippen LogP contribution < -0.4 is 0 Å². The van der Waals surface area contributed by atoms with Crippen LogP contribution in [0.15, 0.2) is 11.6 Å². The second-order valence-electron chi connectivity index (χ2n) is 25.7. The van der Waals surface area contributed by atoms with Crippen molar-refractivity contribution < 1.29 is 109 Å². The molecule has 9 aliphatic rings. The monoisotopic (exact) mass is 1070 g/mol. The number of fused-ring (bicyclic) bond motifs is 7. The van der Waals surface area contributed by atoms with Crippen LogP contribution in [0.1, 0.15) is 113 Å². The lowest BCUT2D eigenvalue weighted by Gasteiger charge is -2.71. The van der Waals surface area contributed by atoms with Crippen LogP contribution in [-0.4, -0.2) is 222 Å². The van der Waals surface area contributed by atoms with Crippen LogP contribution in [0, 0.1) is 50.2 Å². The highest BCUT2D eigenvalue weighted by Gasteiger charge is 2.71. The molecule has 0 spiro atoms. The summed E-state index contributed by atoms with van der Waals surface area (Å²) in [5, 5.41) is 139. The first-order valence-corrected chi connectivity index (χ1v) is 27.3. The van der Waals surface area contributed by atoms with Crippen LogP contribution in [0.4, 0.5) is 0 Å². The van der Waals surface area contributed by atoms with Gasteiger partial charge in [-0.3, -0.25) is 4.79 Å². The number of hydrogen-bond donors (Lipinski definition) is 13. The minimum Gasteiger partial charge on any atom is -0.432 e. The number of esters is 1. The summed E-state index contributed by atoms with van der Waals surface area (Å²) < 4.78 is 47.9. The molecule has 0 unspecified atom stereocenters. The minimum atomic E-state index is -1.89. The fourth-order valence-corrected chi connectivity index (χ4v) is 16.1. The van der Waals surface area contributed by atoms with Crippen molar-refractivity contribution in [2.24, 2.45) is 50.2 Å². The van der Waals surface area contributed by atoms with Crippen LogP contribution in [0.2, 0.25) is 0 Å². The zero-order valence-corrected chi connectivity index (χ0v) is 44.2. The standard InChI is InChI=1S/C53H86O22/c1-23-32(57)36(61)40(65)44(70-23)74-42-38(63)35(60)28(21-69-43-39(64)33(58)26(56)20-68-43)72-46(42)75-47(67)53-16-14-48(2,3)18-25(53)24-8-9-30-49(4)12-11-31(73-45-41(66)37(62)34(59)27(19-54)71-45)50(5,22-55)29(49)10-13-52(30,7)51(24,6)15-17-53/h8,23,25-46,54-66H,9-22H2,1-7H3/t23-,25-,26-,27-,28-,29-,30-,31-,32-,33+,34-,35-,36+,37+,38+,39-,40-,41-,42-,43+,44+,45+,46+,49+,50-,51-,52-,53-/m0/s1. The smallest absolute Gasteiger partial charge is 0.315 e. The highest BCUT2D eigenvalue weighted by atomic mass is 16.8. The van der Waals surface area contributed by atoms with Gasteiger partial charge in [0.05, 0.1) is 44.1 Å².